The van der Waals surface area contributed by atoms with Gasteiger partial charge in [-0.1, -0.05) is 30.4 Å². The van der Waals surface area contributed by atoms with Crippen molar-refractivity contribution in [1.82, 2.24) is 0 Å². The van der Waals surface area contributed by atoms with Crippen LogP contribution in [0.1, 0.15) is 39.5 Å². The van der Waals surface area contributed by atoms with Crippen molar-refractivity contribution in [3.8, 4) is 0 Å². The Morgan fingerprint density at radius 3 is 2.86 bits per heavy atom. The molecule has 0 aromatic rings. The van der Waals surface area contributed by atoms with Crippen molar-refractivity contribution >= 4 is 5.78 Å². The second-order valence-electron chi connectivity index (χ2n) is 6.63. The van der Waals surface area contributed by atoms with Gasteiger partial charge in [0.1, 0.15) is 0 Å². The summed E-state index contributed by atoms with van der Waals surface area (Å²) in [5.41, 5.74) is 1.95. The van der Waals surface area contributed by atoms with Crippen LogP contribution in [0, 0.1) is 17.8 Å². The number of hydrogen-bond donors (Lipinski definition) is 2. The van der Waals surface area contributed by atoms with Crippen LogP contribution in [-0.4, -0.2) is 28.2 Å². The third-order valence-corrected chi connectivity index (χ3v) is 4.69. The molecule has 2 aliphatic rings. The standard InChI is InChI=1S/C18H26O3/c1-11(2)5-4-6-13(19)7-8-14-15-9-12(3)18(21)16(15)10-17(14)20/h5,7-8,13-17,19-20H,3-4,6,9-10H2,1-2H3/t13-,14-,15-,16-,17+/m0/s1. The summed E-state index contributed by atoms with van der Waals surface area (Å²) >= 11 is 0. The van der Waals surface area contributed by atoms with Gasteiger partial charge in [-0.05, 0) is 51.0 Å². The fourth-order valence-corrected chi connectivity index (χ4v) is 3.54. The highest BCUT2D eigenvalue weighted by molar-refractivity contribution is 5.99. The maximum absolute atomic E-state index is 11.9. The average molecular weight is 290 g/mol. The number of carbonyl (C=O) groups is 1. The van der Waals surface area contributed by atoms with Crippen molar-refractivity contribution in [2.75, 3.05) is 0 Å². The molecule has 2 saturated carbocycles. The number of rotatable bonds is 5. The molecular weight excluding hydrogens is 264 g/mol. The van der Waals surface area contributed by atoms with Crippen molar-refractivity contribution in [2.45, 2.75) is 51.7 Å². The van der Waals surface area contributed by atoms with Gasteiger partial charge >= 0.3 is 0 Å². The molecule has 2 aliphatic carbocycles. The van der Waals surface area contributed by atoms with Crippen LogP contribution in [0.15, 0.2) is 36.0 Å². The largest absolute Gasteiger partial charge is 0.392 e. The molecule has 116 valence electrons. The normalized spacial score (nSPS) is 33.5. The van der Waals surface area contributed by atoms with Crippen LogP contribution in [0.2, 0.25) is 0 Å². The summed E-state index contributed by atoms with van der Waals surface area (Å²) in [6.07, 6.45) is 7.58. The molecule has 2 rings (SSSR count). The van der Waals surface area contributed by atoms with E-state index in [4.69, 9.17) is 0 Å². The number of aliphatic hydroxyl groups is 2. The average Bonchev–Trinajstić information content (AvgIpc) is 2.84. The van der Waals surface area contributed by atoms with Crippen molar-refractivity contribution in [3.63, 3.8) is 0 Å². The predicted octanol–water partition coefficient (Wildman–Crippen LogP) is 2.79. The summed E-state index contributed by atoms with van der Waals surface area (Å²) in [4.78, 5) is 11.9. The van der Waals surface area contributed by atoms with Crippen LogP contribution >= 0.6 is 0 Å². The molecule has 3 nitrogen and oxygen atoms in total. The minimum atomic E-state index is -0.493. The zero-order valence-electron chi connectivity index (χ0n) is 13.0. The lowest BCUT2D eigenvalue weighted by molar-refractivity contribution is -0.118. The van der Waals surface area contributed by atoms with Gasteiger partial charge in [-0.25, -0.2) is 0 Å². The Hall–Kier alpha value is -1.19. The fraction of sp³-hybridized carbons (Fsp3) is 0.611. The summed E-state index contributed by atoms with van der Waals surface area (Å²) in [7, 11) is 0. The quantitative estimate of drug-likeness (QED) is 0.604. The lowest BCUT2D eigenvalue weighted by atomic mass is 9.90. The Balaban J connectivity index is 1.92. The van der Waals surface area contributed by atoms with Crippen LogP contribution in [0.3, 0.4) is 0 Å². The van der Waals surface area contributed by atoms with Gasteiger partial charge in [0.15, 0.2) is 5.78 Å². The minimum absolute atomic E-state index is 0.0312. The van der Waals surface area contributed by atoms with Crippen molar-refractivity contribution in [3.05, 3.63) is 36.0 Å². The van der Waals surface area contributed by atoms with E-state index < -0.39 is 12.2 Å². The molecular formula is C18H26O3. The number of Topliss-reactive ketones (excluding diaryl/α,β-unsaturated/α-hetero) is 1. The molecule has 0 saturated heterocycles. The van der Waals surface area contributed by atoms with Gasteiger partial charge in [0.25, 0.3) is 0 Å². The molecule has 0 heterocycles. The molecule has 0 bridgehead atoms. The third kappa shape index (κ3) is 3.72. The number of ketones is 1. The van der Waals surface area contributed by atoms with E-state index in [-0.39, 0.29) is 23.5 Å². The zero-order valence-corrected chi connectivity index (χ0v) is 13.0. The van der Waals surface area contributed by atoms with Crippen LogP contribution < -0.4 is 0 Å². The Bertz CT molecular complexity index is 471. The first-order valence-electron chi connectivity index (χ1n) is 7.80. The zero-order chi connectivity index (χ0) is 15.6. The minimum Gasteiger partial charge on any atom is -0.392 e. The Morgan fingerprint density at radius 2 is 2.19 bits per heavy atom. The first kappa shape index (κ1) is 16.2. The van der Waals surface area contributed by atoms with Gasteiger partial charge in [0, 0.05) is 11.8 Å². The number of carbonyl (C=O) groups excluding carboxylic acids is 1. The molecule has 5 atom stereocenters. The van der Waals surface area contributed by atoms with E-state index in [1.165, 1.54) is 5.57 Å². The summed E-state index contributed by atoms with van der Waals surface area (Å²) in [5.74, 6) is 0.196. The maximum atomic E-state index is 11.9. The predicted molar refractivity (Wildman–Crippen MR) is 83.7 cm³/mol. The molecule has 0 amide bonds. The smallest absolute Gasteiger partial charge is 0.161 e. The van der Waals surface area contributed by atoms with E-state index in [9.17, 15) is 15.0 Å². The van der Waals surface area contributed by atoms with E-state index in [1.807, 2.05) is 19.9 Å². The second-order valence-corrected chi connectivity index (χ2v) is 6.63. The van der Waals surface area contributed by atoms with Gasteiger partial charge in [0.05, 0.1) is 12.2 Å². The maximum Gasteiger partial charge on any atom is 0.161 e. The van der Waals surface area contributed by atoms with Crippen LogP contribution in [0.4, 0.5) is 0 Å². The van der Waals surface area contributed by atoms with Gasteiger partial charge in [-0.15, -0.1) is 0 Å². The Kier molecular flexibility index (Phi) is 5.17. The molecule has 0 aromatic carbocycles. The molecule has 3 heteroatoms. The first-order chi connectivity index (χ1) is 9.90. The molecule has 2 fully saturated rings. The molecule has 21 heavy (non-hydrogen) atoms. The van der Waals surface area contributed by atoms with Crippen molar-refractivity contribution < 1.29 is 15.0 Å². The van der Waals surface area contributed by atoms with Gasteiger partial charge in [-0.3, -0.25) is 4.79 Å². The van der Waals surface area contributed by atoms with Crippen LogP contribution in [-0.2, 0) is 4.79 Å². The third-order valence-electron chi connectivity index (χ3n) is 4.69. The van der Waals surface area contributed by atoms with Gasteiger partial charge in [-0.2, -0.15) is 0 Å². The summed E-state index contributed by atoms with van der Waals surface area (Å²) in [6, 6.07) is 0. The van der Waals surface area contributed by atoms with Crippen molar-refractivity contribution in [2.24, 2.45) is 17.8 Å². The molecule has 0 unspecified atom stereocenters. The molecule has 0 aromatic heterocycles. The first-order valence-corrected chi connectivity index (χ1v) is 7.80. The molecule has 2 N–H and O–H groups in total. The summed E-state index contributed by atoms with van der Waals surface area (Å²) < 4.78 is 0. The fourth-order valence-electron chi connectivity index (χ4n) is 3.54. The molecule has 0 radical (unpaired) electrons. The topological polar surface area (TPSA) is 57.5 Å². The van der Waals surface area contributed by atoms with Crippen LogP contribution in [0.25, 0.3) is 0 Å². The lowest BCUT2D eigenvalue weighted by Crippen LogP contribution is -2.17. The van der Waals surface area contributed by atoms with E-state index >= 15 is 0 Å². The summed E-state index contributed by atoms with van der Waals surface area (Å²) in [5, 5.41) is 20.1. The van der Waals surface area contributed by atoms with E-state index in [1.54, 1.807) is 6.08 Å². The van der Waals surface area contributed by atoms with Crippen molar-refractivity contribution in [1.29, 1.82) is 0 Å². The van der Waals surface area contributed by atoms with Crippen LogP contribution in [0.5, 0.6) is 0 Å². The monoisotopic (exact) mass is 290 g/mol. The molecule has 0 spiro atoms. The number of aliphatic hydroxyl groups excluding tert-OH is 2. The lowest BCUT2D eigenvalue weighted by Gasteiger charge is -2.17. The Morgan fingerprint density at radius 1 is 1.48 bits per heavy atom. The highest BCUT2D eigenvalue weighted by atomic mass is 16.3. The number of hydrogen-bond acceptors (Lipinski definition) is 3. The second kappa shape index (κ2) is 6.71. The van der Waals surface area contributed by atoms with E-state index in [2.05, 4.69) is 12.7 Å². The Labute approximate surface area is 127 Å². The number of fused-ring (bicyclic) bond motifs is 1. The van der Waals surface area contributed by atoms with E-state index in [0.717, 1.165) is 6.42 Å². The van der Waals surface area contributed by atoms with Gasteiger partial charge in [0.2, 0.25) is 0 Å². The van der Waals surface area contributed by atoms with E-state index in [0.29, 0.717) is 24.8 Å². The summed E-state index contributed by atoms with van der Waals surface area (Å²) in [6.45, 7) is 7.90. The highest BCUT2D eigenvalue weighted by Gasteiger charge is 2.49. The highest BCUT2D eigenvalue weighted by Crippen LogP contribution is 2.48. The number of allylic oxidation sites excluding steroid dienone is 3. The van der Waals surface area contributed by atoms with Gasteiger partial charge < -0.3 is 10.2 Å². The molecule has 0 aliphatic heterocycles. The SMILES string of the molecule is C=C1C[C@H]2[C@H](C=C[C@@H](O)CCC=C(C)C)[C@H](O)C[C@@H]2C1=O.